The highest BCUT2D eigenvalue weighted by Gasteiger charge is 2.14. The highest BCUT2D eigenvalue weighted by Crippen LogP contribution is 2.24. The van der Waals surface area contributed by atoms with Crippen molar-refractivity contribution < 1.29 is 9.53 Å². The summed E-state index contributed by atoms with van der Waals surface area (Å²) >= 11 is 0. The number of hydrogen-bond acceptors (Lipinski definition) is 3. The van der Waals surface area contributed by atoms with Gasteiger partial charge >= 0.3 is 5.69 Å². The zero-order chi connectivity index (χ0) is 20.2. The third-order valence-corrected chi connectivity index (χ3v) is 4.97. The minimum absolute atomic E-state index is 0.0133. The number of rotatable bonds is 7. The maximum absolute atomic E-state index is 12.6. The summed E-state index contributed by atoms with van der Waals surface area (Å²) in [5, 5.41) is 4.99. The first-order valence-electron chi connectivity index (χ1n) is 9.74. The van der Waals surface area contributed by atoms with Gasteiger partial charge in [0.05, 0.1) is 17.6 Å². The Morgan fingerprint density at radius 1 is 0.931 bits per heavy atom. The molecule has 6 heteroatoms. The van der Waals surface area contributed by atoms with Gasteiger partial charge in [0.1, 0.15) is 18.9 Å². The molecule has 0 bridgehead atoms. The van der Waals surface area contributed by atoms with Crippen LogP contribution in [-0.4, -0.2) is 28.2 Å². The normalized spacial score (nSPS) is 11.1. The smallest absolute Gasteiger partial charge is 0.329 e. The van der Waals surface area contributed by atoms with E-state index in [2.05, 4.69) is 5.32 Å². The zero-order valence-corrected chi connectivity index (χ0v) is 16.3. The van der Waals surface area contributed by atoms with Crippen molar-refractivity contribution in [1.82, 2.24) is 14.5 Å². The summed E-state index contributed by atoms with van der Waals surface area (Å²) in [6.07, 6.45) is 0. The van der Waals surface area contributed by atoms with Crippen LogP contribution in [0.5, 0.6) is 5.75 Å². The number of hydrogen-bond donors (Lipinski definition) is 1. The van der Waals surface area contributed by atoms with Gasteiger partial charge in [-0.2, -0.15) is 0 Å². The minimum Gasteiger partial charge on any atom is -0.491 e. The number of aromatic nitrogens is 2. The van der Waals surface area contributed by atoms with E-state index in [4.69, 9.17) is 4.74 Å². The molecule has 6 nitrogen and oxygen atoms in total. The molecule has 0 saturated carbocycles. The summed E-state index contributed by atoms with van der Waals surface area (Å²) in [6.45, 7) is 3.19. The lowest BCUT2D eigenvalue weighted by atomic mass is 10.1. The zero-order valence-electron chi connectivity index (χ0n) is 16.3. The Balaban J connectivity index is 1.38. The second-order valence-electron chi connectivity index (χ2n) is 6.78. The SMILES string of the molecule is CCn1c(=O)n(CC(=O)NCCOc2cccc3ccccc23)c2ccccc21. The van der Waals surface area contributed by atoms with Crippen molar-refractivity contribution in [1.29, 1.82) is 0 Å². The van der Waals surface area contributed by atoms with Crippen molar-refractivity contribution in [2.24, 2.45) is 0 Å². The average Bonchev–Trinajstić information content (AvgIpc) is 3.02. The van der Waals surface area contributed by atoms with Gasteiger partial charge in [-0.05, 0) is 30.5 Å². The summed E-state index contributed by atoms with van der Waals surface area (Å²) in [7, 11) is 0. The number of para-hydroxylation sites is 2. The molecule has 0 atom stereocenters. The Labute approximate surface area is 168 Å². The maximum atomic E-state index is 12.6. The average molecular weight is 389 g/mol. The van der Waals surface area contributed by atoms with Crippen LogP contribution in [0.4, 0.5) is 0 Å². The molecule has 0 fully saturated rings. The molecule has 3 aromatic carbocycles. The van der Waals surface area contributed by atoms with E-state index in [9.17, 15) is 9.59 Å². The van der Waals surface area contributed by atoms with Crippen molar-refractivity contribution in [3.8, 4) is 5.75 Å². The number of ether oxygens (including phenoxy) is 1. The third kappa shape index (κ3) is 3.74. The highest BCUT2D eigenvalue weighted by atomic mass is 16.5. The van der Waals surface area contributed by atoms with Gasteiger partial charge in [-0.15, -0.1) is 0 Å². The Hall–Kier alpha value is -3.54. The van der Waals surface area contributed by atoms with Crippen molar-refractivity contribution in [2.45, 2.75) is 20.0 Å². The molecule has 29 heavy (non-hydrogen) atoms. The summed E-state index contributed by atoms with van der Waals surface area (Å²) in [5.41, 5.74) is 1.43. The fourth-order valence-corrected chi connectivity index (χ4v) is 3.60. The summed E-state index contributed by atoms with van der Waals surface area (Å²) < 4.78 is 9.03. The molecule has 4 rings (SSSR count). The van der Waals surface area contributed by atoms with Crippen LogP contribution in [0, 0.1) is 0 Å². The fourth-order valence-electron chi connectivity index (χ4n) is 3.60. The molecule has 1 amide bonds. The van der Waals surface area contributed by atoms with Crippen molar-refractivity contribution >= 4 is 27.7 Å². The fraction of sp³-hybridized carbons (Fsp3) is 0.217. The molecular formula is C23H23N3O3. The molecule has 1 aromatic heterocycles. The summed E-state index contributed by atoms with van der Waals surface area (Å²) in [5.74, 6) is 0.576. The number of fused-ring (bicyclic) bond motifs is 2. The van der Waals surface area contributed by atoms with Crippen LogP contribution in [0.2, 0.25) is 0 Å². The molecule has 4 aromatic rings. The molecule has 0 unspecified atom stereocenters. The third-order valence-electron chi connectivity index (χ3n) is 4.97. The number of imidazole rings is 1. The minimum atomic E-state index is -0.215. The molecule has 0 radical (unpaired) electrons. The van der Waals surface area contributed by atoms with E-state index in [1.165, 1.54) is 4.57 Å². The Morgan fingerprint density at radius 2 is 1.62 bits per heavy atom. The second kappa shape index (κ2) is 8.22. The van der Waals surface area contributed by atoms with Crippen LogP contribution < -0.4 is 15.7 Å². The topological polar surface area (TPSA) is 65.3 Å². The number of nitrogens with one attached hydrogen (secondary N) is 1. The molecule has 0 saturated heterocycles. The summed E-state index contributed by atoms with van der Waals surface area (Å²) in [6, 6.07) is 21.4. The predicted molar refractivity (Wildman–Crippen MR) is 114 cm³/mol. The lowest BCUT2D eigenvalue weighted by Gasteiger charge is -2.10. The van der Waals surface area contributed by atoms with E-state index in [1.807, 2.05) is 73.7 Å². The first kappa shape index (κ1) is 18.8. The summed E-state index contributed by atoms with van der Waals surface area (Å²) in [4.78, 5) is 25.0. The van der Waals surface area contributed by atoms with Crippen molar-refractivity contribution in [2.75, 3.05) is 13.2 Å². The van der Waals surface area contributed by atoms with Gasteiger partial charge in [0.15, 0.2) is 0 Å². The first-order valence-corrected chi connectivity index (χ1v) is 9.74. The molecule has 0 aliphatic carbocycles. The van der Waals surface area contributed by atoms with Crippen molar-refractivity contribution in [3.05, 3.63) is 77.2 Å². The molecule has 1 heterocycles. The van der Waals surface area contributed by atoms with Gasteiger partial charge < -0.3 is 10.1 Å². The van der Waals surface area contributed by atoms with Crippen molar-refractivity contribution in [3.63, 3.8) is 0 Å². The van der Waals surface area contributed by atoms with Crippen LogP contribution in [0.25, 0.3) is 21.8 Å². The van der Waals surface area contributed by atoms with Crippen LogP contribution in [0.3, 0.4) is 0 Å². The van der Waals surface area contributed by atoms with Crippen LogP contribution in [0.1, 0.15) is 6.92 Å². The Morgan fingerprint density at radius 3 is 2.41 bits per heavy atom. The van der Waals surface area contributed by atoms with E-state index < -0.39 is 0 Å². The van der Waals surface area contributed by atoms with Gasteiger partial charge in [-0.3, -0.25) is 13.9 Å². The standard InChI is InChI=1S/C23H23N3O3/c1-2-25-19-11-5-6-12-20(19)26(23(25)28)16-22(27)24-14-15-29-21-13-7-9-17-8-3-4-10-18(17)21/h3-13H,2,14-16H2,1H3,(H,24,27). The Kier molecular flexibility index (Phi) is 5.33. The second-order valence-corrected chi connectivity index (χ2v) is 6.78. The molecule has 0 spiro atoms. The predicted octanol–water partition coefficient (Wildman–Crippen LogP) is 3.17. The highest BCUT2D eigenvalue weighted by molar-refractivity contribution is 5.88. The Bertz CT molecular complexity index is 1220. The number of benzene rings is 3. The maximum Gasteiger partial charge on any atom is 0.329 e. The number of carbonyl (C=O) groups excluding carboxylic acids is 1. The number of amides is 1. The van der Waals surface area contributed by atoms with E-state index in [-0.39, 0.29) is 18.1 Å². The molecule has 0 aliphatic rings. The van der Waals surface area contributed by atoms with Gasteiger partial charge in [0, 0.05) is 11.9 Å². The lowest BCUT2D eigenvalue weighted by molar-refractivity contribution is -0.121. The monoisotopic (exact) mass is 389 g/mol. The molecule has 1 N–H and O–H groups in total. The van der Waals surface area contributed by atoms with E-state index in [0.29, 0.717) is 19.7 Å². The number of carbonyl (C=O) groups is 1. The van der Waals surface area contributed by atoms with Gasteiger partial charge in [0.2, 0.25) is 5.91 Å². The molecule has 148 valence electrons. The quantitative estimate of drug-likeness (QED) is 0.494. The first-order chi connectivity index (χ1) is 14.2. The van der Waals surface area contributed by atoms with Crippen LogP contribution in [0.15, 0.2) is 71.5 Å². The van der Waals surface area contributed by atoms with Crippen LogP contribution in [-0.2, 0) is 17.9 Å². The largest absolute Gasteiger partial charge is 0.491 e. The van der Waals surface area contributed by atoms with Crippen LogP contribution >= 0.6 is 0 Å². The van der Waals surface area contributed by atoms with E-state index in [1.54, 1.807) is 4.57 Å². The number of nitrogens with zero attached hydrogens (tertiary/aromatic N) is 2. The number of aryl methyl sites for hydroxylation is 1. The van der Waals surface area contributed by atoms with E-state index >= 15 is 0 Å². The molecule has 0 aliphatic heterocycles. The van der Waals surface area contributed by atoms with E-state index in [0.717, 1.165) is 27.6 Å². The van der Waals surface area contributed by atoms with Gasteiger partial charge in [0.25, 0.3) is 0 Å². The lowest BCUT2D eigenvalue weighted by Crippen LogP contribution is -2.35. The molecular weight excluding hydrogens is 366 g/mol. The van der Waals surface area contributed by atoms with Gasteiger partial charge in [-0.25, -0.2) is 4.79 Å². The van der Waals surface area contributed by atoms with Gasteiger partial charge in [-0.1, -0.05) is 48.5 Å².